The average molecular weight is 459 g/mol. The lowest BCUT2D eigenvalue weighted by Gasteiger charge is -2.10. The lowest BCUT2D eigenvalue weighted by Crippen LogP contribution is -2.31. The fourth-order valence-corrected chi connectivity index (χ4v) is 4.20. The quantitative estimate of drug-likeness (QED) is 0.466. The summed E-state index contributed by atoms with van der Waals surface area (Å²) in [6.07, 6.45) is 1.82. The van der Waals surface area contributed by atoms with E-state index in [2.05, 4.69) is 15.6 Å². The number of hydrogen-bond acceptors (Lipinski definition) is 4. The average Bonchev–Trinajstić information content (AvgIpc) is 3.27. The fourth-order valence-electron chi connectivity index (χ4n) is 4.20. The lowest BCUT2D eigenvalue weighted by molar-refractivity contribution is -0.110. The van der Waals surface area contributed by atoms with Crippen molar-refractivity contribution >= 4 is 29.2 Å². The van der Waals surface area contributed by atoms with E-state index in [0.29, 0.717) is 17.7 Å². The number of fused-ring (bicyclic) bond motifs is 1. The van der Waals surface area contributed by atoms with E-state index in [1.165, 1.54) is 0 Å². The molecule has 0 spiro atoms. The van der Waals surface area contributed by atoms with Crippen LogP contribution in [0.25, 0.3) is 22.8 Å². The number of likely N-dealkylation sites (N-methyl/N-ethyl adjacent to an activating group) is 1. The van der Waals surface area contributed by atoms with E-state index in [4.69, 9.17) is 4.74 Å². The van der Waals surface area contributed by atoms with Crippen molar-refractivity contribution in [1.29, 1.82) is 0 Å². The summed E-state index contributed by atoms with van der Waals surface area (Å²) in [7, 11) is 5.57. The molecule has 0 atom stereocenters. The first-order valence-corrected chi connectivity index (χ1v) is 11.2. The molecular formula is C27H30N4O3. The van der Waals surface area contributed by atoms with Crippen molar-refractivity contribution in [1.82, 2.24) is 15.2 Å². The third-order valence-corrected chi connectivity index (χ3v) is 6.04. The van der Waals surface area contributed by atoms with Crippen molar-refractivity contribution in [2.75, 3.05) is 39.6 Å². The van der Waals surface area contributed by atoms with Gasteiger partial charge >= 0.3 is 0 Å². The minimum Gasteiger partial charge on any atom is -0.497 e. The van der Waals surface area contributed by atoms with Gasteiger partial charge in [-0.2, -0.15) is 0 Å². The lowest BCUT2D eigenvalue weighted by atomic mass is 9.99. The number of hydrogen-bond donors (Lipinski definition) is 3. The van der Waals surface area contributed by atoms with Gasteiger partial charge in [-0.3, -0.25) is 9.59 Å². The minimum atomic E-state index is -0.165. The number of rotatable bonds is 7. The molecule has 0 saturated heterocycles. The van der Waals surface area contributed by atoms with Crippen LogP contribution in [0.4, 0.5) is 5.69 Å². The number of H-pyrrole nitrogens is 1. The van der Waals surface area contributed by atoms with Gasteiger partial charge in [0.25, 0.3) is 11.8 Å². The smallest absolute Gasteiger partial charge is 0.256 e. The Morgan fingerprint density at radius 3 is 2.62 bits per heavy atom. The third-order valence-electron chi connectivity index (χ3n) is 6.04. The Balaban J connectivity index is 1.63. The van der Waals surface area contributed by atoms with E-state index in [0.717, 1.165) is 51.6 Å². The van der Waals surface area contributed by atoms with Crippen molar-refractivity contribution in [2.24, 2.45) is 0 Å². The zero-order valence-electron chi connectivity index (χ0n) is 20.2. The van der Waals surface area contributed by atoms with Gasteiger partial charge in [-0.05, 0) is 68.9 Å². The van der Waals surface area contributed by atoms with E-state index >= 15 is 0 Å². The number of benzene rings is 2. The van der Waals surface area contributed by atoms with Crippen LogP contribution in [0, 0.1) is 13.8 Å². The molecule has 0 radical (unpaired) electrons. The summed E-state index contributed by atoms with van der Waals surface area (Å²) in [6.45, 7) is 5.10. The minimum absolute atomic E-state index is 0.114. The van der Waals surface area contributed by atoms with Crippen LogP contribution in [0.2, 0.25) is 0 Å². The summed E-state index contributed by atoms with van der Waals surface area (Å²) >= 11 is 0. The van der Waals surface area contributed by atoms with Crippen LogP contribution >= 0.6 is 0 Å². The van der Waals surface area contributed by atoms with Gasteiger partial charge in [-0.15, -0.1) is 0 Å². The van der Waals surface area contributed by atoms with Gasteiger partial charge in [0.15, 0.2) is 0 Å². The molecule has 0 bridgehead atoms. The van der Waals surface area contributed by atoms with E-state index in [9.17, 15) is 9.59 Å². The van der Waals surface area contributed by atoms with Crippen molar-refractivity contribution in [3.05, 3.63) is 70.5 Å². The van der Waals surface area contributed by atoms with Crippen molar-refractivity contribution in [3.63, 3.8) is 0 Å². The molecule has 2 amide bonds. The molecular weight excluding hydrogens is 428 g/mol. The SMILES string of the molecule is COc1cccc(-c2ccc3c(c2)NC(=O)/C3=C\c2[nH]c(C)c(C(=O)NCCN(C)C)c2C)c1. The molecule has 0 aliphatic carbocycles. The first-order chi connectivity index (χ1) is 16.3. The van der Waals surface area contributed by atoms with Gasteiger partial charge in [0.2, 0.25) is 0 Å². The van der Waals surface area contributed by atoms with E-state index < -0.39 is 0 Å². The summed E-state index contributed by atoms with van der Waals surface area (Å²) in [4.78, 5) is 30.9. The molecule has 2 heterocycles. The highest BCUT2D eigenvalue weighted by Gasteiger charge is 2.26. The Morgan fingerprint density at radius 1 is 1.12 bits per heavy atom. The van der Waals surface area contributed by atoms with Gasteiger partial charge in [-0.25, -0.2) is 0 Å². The van der Waals surface area contributed by atoms with Gasteiger partial charge in [0.05, 0.1) is 18.2 Å². The molecule has 0 unspecified atom stereocenters. The van der Waals surface area contributed by atoms with Gasteiger partial charge in [0, 0.05) is 35.7 Å². The van der Waals surface area contributed by atoms with E-state index in [1.807, 2.05) is 81.4 Å². The Hall–Kier alpha value is -3.84. The second-order valence-corrected chi connectivity index (χ2v) is 8.73. The molecule has 1 aliphatic heterocycles. The Kier molecular flexibility index (Phi) is 6.56. The first-order valence-electron chi connectivity index (χ1n) is 11.2. The Labute approximate surface area is 199 Å². The van der Waals surface area contributed by atoms with Crippen LogP contribution in [-0.2, 0) is 4.79 Å². The number of aryl methyl sites for hydroxylation is 1. The second-order valence-electron chi connectivity index (χ2n) is 8.73. The van der Waals surface area contributed by atoms with Gasteiger partial charge in [-0.1, -0.05) is 24.3 Å². The fraction of sp³-hybridized carbons (Fsp3) is 0.259. The number of anilines is 1. The zero-order valence-corrected chi connectivity index (χ0v) is 20.2. The summed E-state index contributed by atoms with van der Waals surface area (Å²) < 4.78 is 5.33. The largest absolute Gasteiger partial charge is 0.497 e. The van der Waals surface area contributed by atoms with Crippen LogP contribution < -0.4 is 15.4 Å². The molecule has 1 aromatic heterocycles. The van der Waals surface area contributed by atoms with Crippen LogP contribution in [0.1, 0.15) is 32.9 Å². The normalized spacial score (nSPS) is 13.8. The zero-order chi connectivity index (χ0) is 24.4. The Morgan fingerprint density at radius 2 is 1.88 bits per heavy atom. The van der Waals surface area contributed by atoms with Crippen LogP contribution in [0.5, 0.6) is 5.75 Å². The van der Waals surface area contributed by atoms with Crippen molar-refractivity contribution in [3.8, 4) is 16.9 Å². The molecule has 3 N–H and O–H groups in total. The molecule has 7 nitrogen and oxygen atoms in total. The monoisotopic (exact) mass is 458 g/mol. The number of aromatic nitrogens is 1. The van der Waals surface area contributed by atoms with E-state index in [-0.39, 0.29) is 11.8 Å². The Bertz CT molecular complexity index is 1290. The molecule has 0 fully saturated rings. The maximum Gasteiger partial charge on any atom is 0.256 e. The molecule has 34 heavy (non-hydrogen) atoms. The maximum atomic E-state index is 12.8. The standard InChI is InChI=1S/C27H30N4O3/c1-16-23(29-17(2)25(16)27(33)28-11-12-31(3)4)15-22-21-10-9-19(14-24(21)30-26(22)32)18-7-6-8-20(13-18)34-5/h6-10,13-15,29H,11-12H2,1-5H3,(H,28,33)(H,30,32)/b22-15-. The number of nitrogens with zero attached hydrogens (tertiary/aromatic N) is 1. The summed E-state index contributed by atoms with van der Waals surface area (Å²) in [5.41, 5.74) is 7.14. The highest BCUT2D eigenvalue weighted by Crippen LogP contribution is 2.37. The molecule has 7 heteroatoms. The summed E-state index contributed by atoms with van der Waals surface area (Å²) in [5.74, 6) is 0.500. The summed E-state index contributed by atoms with van der Waals surface area (Å²) in [5, 5.41) is 5.94. The second kappa shape index (κ2) is 9.57. The number of nitrogens with one attached hydrogen (secondary N) is 3. The number of carbonyl (C=O) groups is 2. The number of ether oxygens (including phenoxy) is 1. The molecule has 0 saturated carbocycles. The van der Waals surface area contributed by atoms with Crippen LogP contribution in [-0.4, -0.2) is 56.0 Å². The maximum absolute atomic E-state index is 12.8. The van der Waals surface area contributed by atoms with Gasteiger partial charge in [0.1, 0.15) is 5.75 Å². The molecule has 176 valence electrons. The number of methoxy groups -OCH3 is 1. The molecule has 1 aliphatic rings. The predicted octanol–water partition coefficient (Wildman–Crippen LogP) is 4.09. The first kappa shape index (κ1) is 23.3. The van der Waals surface area contributed by atoms with Crippen molar-refractivity contribution < 1.29 is 14.3 Å². The van der Waals surface area contributed by atoms with Crippen LogP contribution in [0.15, 0.2) is 42.5 Å². The van der Waals surface area contributed by atoms with Gasteiger partial charge < -0.3 is 25.3 Å². The summed E-state index contributed by atoms with van der Waals surface area (Å²) in [6, 6.07) is 13.7. The number of aromatic amines is 1. The van der Waals surface area contributed by atoms with Crippen molar-refractivity contribution in [2.45, 2.75) is 13.8 Å². The third kappa shape index (κ3) is 4.61. The highest BCUT2D eigenvalue weighted by molar-refractivity contribution is 6.35. The highest BCUT2D eigenvalue weighted by atomic mass is 16.5. The number of carbonyl (C=O) groups excluding carboxylic acids is 2. The molecule has 4 rings (SSSR count). The predicted molar refractivity (Wildman–Crippen MR) is 136 cm³/mol. The number of amides is 2. The van der Waals surface area contributed by atoms with Crippen LogP contribution in [0.3, 0.4) is 0 Å². The molecule has 3 aromatic rings. The molecule has 2 aromatic carbocycles. The van der Waals surface area contributed by atoms with E-state index in [1.54, 1.807) is 7.11 Å². The topological polar surface area (TPSA) is 86.5 Å².